The number of rotatable bonds is 7. The van der Waals surface area contributed by atoms with E-state index >= 15 is 0 Å². The summed E-state index contributed by atoms with van der Waals surface area (Å²) in [6.45, 7) is 2.69. The highest BCUT2D eigenvalue weighted by Gasteiger charge is 2.10. The van der Waals surface area contributed by atoms with Gasteiger partial charge in [-0.3, -0.25) is 4.79 Å². The van der Waals surface area contributed by atoms with Crippen LogP contribution in [0.4, 0.5) is 0 Å². The lowest BCUT2D eigenvalue weighted by Gasteiger charge is -2.10. The van der Waals surface area contributed by atoms with Gasteiger partial charge in [0.25, 0.3) is 0 Å². The SMILES string of the molecule is CCc1ccc(CNC(=O)Cc2cc(OC)ccc2OC)s1. The molecule has 1 N–H and O–H groups in total. The van der Waals surface area contributed by atoms with Crippen molar-refractivity contribution in [3.63, 3.8) is 0 Å². The lowest BCUT2D eigenvalue weighted by Crippen LogP contribution is -2.24. The number of carbonyl (C=O) groups excluding carboxylic acids is 1. The van der Waals surface area contributed by atoms with Crippen LogP contribution in [0.15, 0.2) is 30.3 Å². The van der Waals surface area contributed by atoms with E-state index in [0.717, 1.165) is 17.7 Å². The molecule has 118 valence electrons. The van der Waals surface area contributed by atoms with E-state index < -0.39 is 0 Å². The molecule has 0 aliphatic heterocycles. The van der Waals surface area contributed by atoms with Crippen LogP contribution in [0.2, 0.25) is 0 Å². The highest BCUT2D eigenvalue weighted by molar-refractivity contribution is 7.11. The third-order valence-electron chi connectivity index (χ3n) is 3.36. The molecule has 5 heteroatoms. The Morgan fingerprint density at radius 2 is 1.91 bits per heavy atom. The van der Waals surface area contributed by atoms with Gasteiger partial charge in [-0.2, -0.15) is 0 Å². The van der Waals surface area contributed by atoms with Crippen molar-refractivity contribution >= 4 is 17.2 Å². The summed E-state index contributed by atoms with van der Waals surface area (Å²) < 4.78 is 10.5. The maximum absolute atomic E-state index is 12.1. The molecule has 0 saturated heterocycles. The fourth-order valence-corrected chi connectivity index (χ4v) is 3.05. The van der Waals surface area contributed by atoms with E-state index in [-0.39, 0.29) is 12.3 Å². The summed E-state index contributed by atoms with van der Waals surface area (Å²) in [5.41, 5.74) is 0.819. The lowest BCUT2D eigenvalue weighted by molar-refractivity contribution is -0.120. The molecule has 1 heterocycles. The van der Waals surface area contributed by atoms with Crippen LogP contribution in [0.25, 0.3) is 0 Å². The number of hydrogen-bond acceptors (Lipinski definition) is 4. The molecule has 0 spiro atoms. The Labute approximate surface area is 135 Å². The van der Waals surface area contributed by atoms with Crippen LogP contribution in [-0.2, 0) is 24.2 Å². The Morgan fingerprint density at radius 3 is 2.55 bits per heavy atom. The number of thiophene rings is 1. The largest absolute Gasteiger partial charge is 0.497 e. The maximum Gasteiger partial charge on any atom is 0.224 e. The molecular weight excluding hydrogens is 298 g/mol. The Balaban J connectivity index is 1.96. The zero-order chi connectivity index (χ0) is 15.9. The summed E-state index contributed by atoms with van der Waals surface area (Å²) in [7, 11) is 3.20. The van der Waals surface area contributed by atoms with Crippen LogP contribution in [0, 0.1) is 0 Å². The van der Waals surface area contributed by atoms with Gasteiger partial charge in [0.1, 0.15) is 11.5 Å². The second-order valence-electron chi connectivity index (χ2n) is 4.85. The average molecular weight is 319 g/mol. The van der Waals surface area contributed by atoms with E-state index in [1.165, 1.54) is 9.75 Å². The number of ether oxygens (including phenoxy) is 2. The normalized spacial score (nSPS) is 10.3. The first kappa shape index (κ1) is 16.4. The van der Waals surface area contributed by atoms with E-state index in [1.807, 2.05) is 18.2 Å². The molecule has 0 unspecified atom stereocenters. The molecule has 0 saturated carbocycles. The zero-order valence-corrected chi connectivity index (χ0v) is 14.0. The second kappa shape index (κ2) is 7.84. The Morgan fingerprint density at radius 1 is 1.14 bits per heavy atom. The summed E-state index contributed by atoms with van der Waals surface area (Å²) in [6.07, 6.45) is 1.30. The molecular formula is C17H21NO3S. The first-order valence-electron chi connectivity index (χ1n) is 7.21. The molecule has 1 amide bonds. The fraction of sp³-hybridized carbons (Fsp3) is 0.353. The minimum atomic E-state index is -0.0296. The minimum absolute atomic E-state index is 0.0296. The molecule has 0 bridgehead atoms. The molecule has 0 aliphatic rings. The number of amides is 1. The molecule has 0 aliphatic carbocycles. The molecule has 22 heavy (non-hydrogen) atoms. The van der Waals surface area contributed by atoms with Gasteiger partial charge in [-0.05, 0) is 36.8 Å². The summed E-state index contributed by atoms with van der Waals surface area (Å²) in [5.74, 6) is 1.38. The van der Waals surface area contributed by atoms with Crippen molar-refractivity contribution < 1.29 is 14.3 Å². The van der Waals surface area contributed by atoms with Gasteiger partial charge in [0.05, 0.1) is 27.2 Å². The summed E-state index contributed by atoms with van der Waals surface area (Å²) >= 11 is 1.74. The van der Waals surface area contributed by atoms with Gasteiger partial charge in [-0.1, -0.05) is 6.92 Å². The van der Waals surface area contributed by atoms with E-state index in [0.29, 0.717) is 12.3 Å². The Kier molecular flexibility index (Phi) is 5.83. The highest BCUT2D eigenvalue weighted by Crippen LogP contribution is 2.24. The zero-order valence-electron chi connectivity index (χ0n) is 13.1. The topological polar surface area (TPSA) is 47.6 Å². The number of methoxy groups -OCH3 is 2. The molecule has 0 radical (unpaired) electrons. The third kappa shape index (κ3) is 4.24. The first-order valence-corrected chi connectivity index (χ1v) is 8.03. The number of hydrogen-bond donors (Lipinski definition) is 1. The van der Waals surface area contributed by atoms with Crippen molar-refractivity contribution in [2.24, 2.45) is 0 Å². The van der Waals surface area contributed by atoms with Crippen molar-refractivity contribution in [2.45, 2.75) is 26.3 Å². The van der Waals surface area contributed by atoms with E-state index in [2.05, 4.69) is 24.4 Å². The first-order chi connectivity index (χ1) is 10.7. The Hall–Kier alpha value is -2.01. The van der Waals surface area contributed by atoms with Gasteiger partial charge < -0.3 is 14.8 Å². The van der Waals surface area contributed by atoms with Crippen molar-refractivity contribution in [1.82, 2.24) is 5.32 Å². The van der Waals surface area contributed by atoms with Gasteiger partial charge in [0, 0.05) is 15.3 Å². The molecule has 4 nitrogen and oxygen atoms in total. The second-order valence-corrected chi connectivity index (χ2v) is 6.11. The van der Waals surface area contributed by atoms with Crippen molar-refractivity contribution in [3.05, 3.63) is 45.6 Å². The standard InChI is InChI=1S/C17H21NO3S/c1-4-14-6-7-15(22-14)11-18-17(19)10-12-9-13(20-2)5-8-16(12)21-3/h5-9H,4,10-11H2,1-3H3,(H,18,19). The number of nitrogens with one attached hydrogen (secondary N) is 1. The molecule has 0 atom stereocenters. The van der Waals surface area contributed by atoms with Gasteiger partial charge in [0.2, 0.25) is 5.91 Å². The number of benzene rings is 1. The number of aryl methyl sites for hydroxylation is 1. The maximum atomic E-state index is 12.1. The smallest absolute Gasteiger partial charge is 0.224 e. The molecule has 2 rings (SSSR count). The van der Waals surface area contributed by atoms with Crippen molar-refractivity contribution in [3.8, 4) is 11.5 Å². The van der Waals surface area contributed by atoms with E-state index in [9.17, 15) is 4.79 Å². The summed E-state index contributed by atoms with van der Waals surface area (Å²) in [4.78, 5) is 14.6. The van der Waals surface area contributed by atoms with Gasteiger partial charge in [-0.25, -0.2) is 0 Å². The average Bonchev–Trinajstić information content (AvgIpc) is 3.01. The Bertz CT molecular complexity index is 637. The highest BCUT2D eigenvalue weighted by atomic mass is 32.1. The number of carbonyl (C=O) groups is 1. The molecule has 2 aromatic rings. The molecule has 1 aromatic heterocycles. The third-order valence-corrected chi connectivity index (χ3v) is 4.59. The van der Waals surface area contributed by atoms with Crippen LogP contribution in [0.3, 0.4) is 0 Å². The predicted molar refractivity (Wildman–Crippen MR) is 88.8 cm³/mol. The van der Waals surface area contributed by atoms with Crippen LogP contribution in [0.5, 0.6) is 11.5 Å². The fourth-order valence-electron chi connectivity index (χ4n) is 2.15. The molecule has 1 aromatic carbocycles. The van der Waals surface area contributed by atoms with E-state index in [4.69, 9.17) is 9.47 Å². The predicted octanol–water partition coefficient (Wildman–Crippen LogP) is 3.19. The summed E-state index contributed by atoms with van der Waals surface area (Å²) in [6, 6.07) is 9.64. The minimum Gasteiger partial charge on any atom is -0.497 e. The van der Waals surface area contributed by atoms with E-state index in [1.54, 1.807) is 25.6 Å². The van der Waals surface area contributed by atoms with Crippen molar-refractivity contribution in [1.29, 1.82) is 0 Å². The monoisotopic (exact) mass is 319 g/mol. The van der Waals surface area contributed by atoms with Crippen molar-refractivity contribution in [2.75, 3.05) is 14.2 Å². The van der Waals surface area contributed by atoms with Crippen LogP contribution >= 0.6 is 11.3 Å². The van der Waals surface area contributed by atoms with Crippen LogP contribution in [0.1, 0.15) is 22.2 Å². The lowest BCUT2D eigenvalue weighted by atomic mass is 10.1. The van der Waals surface area contributed by atoms with Gasteiger partial charge >= 0.3 is 0 Å². The molecule has 0 fully saturated rings. The van der Waals surface area contributed by atoms with Crippen LogP contribution in [-0.4, -0.2) is 20.1 Å². The van der Waals surface area contributed by atoms with Gasteiger partial charge in [0.15, 0.2) is 0 Å². The summed E-state index contributed by atoms with van der Waals surface area (Å²) in [5, 5.41) is 2.95. The van der Waals surface area contributed by atoms with Crippen LogP contribution < -0.4 is 14.8 Å². The quantitative estimate of drug-likeness (QED) is 0.852. The van der Waals surface area contributed by atoms with Gasteiger partial charge in [-0.15, -0.1) is 11.3 Å².